The minimum atomic E-state index is -0.345. The highest BCUT2D eigenvalue weighted by atomic mass is 16.5. The Bertz CT molecular complexity index is 850. The van der Waals surface area contributed by atoms with Crippen LogP contribution in [0.15, 0.2) is 18.2 Å². The lowest BCUT2D eigenvalue weighted by Gasteiger charge is -2.06. The zero-order chi connectivity index (χ0) is 26.1. The van der Waals surface area contributed by atoms with Crippen molar-refractivity contribution in [2.24, 2.45) is 0 Å². The molecule has 0 aliphatic carbocycles. The molecule has 0 unspecified atom stereocenters. The standard InChI is InChI=1S/C32H46O4/c1-2-3-4-5-6-7-8-9-10-11-12-13-14-15-16-17-18-19-20-21-22-23-24-32(35)36-31-26-29(28-33)25-30(34)27-31/h25-28,34H,2-12,17-24H2,1H3. The van der Waals surface area contributed by atoms with E-state index in [0.29, 0.717) is 12.7 Å². The summed E-state index contributed by atoms with van der Waals surface area (Å²) < 4.78 is 5.20. The third-order valence-electron chi connectivity index (χ3n) is 6.11. The third kappa shape index (κ3) is 18.6. The molecule has 0 saturated heterocycles. The summed E-state index contributed by atoms with van der Waals surface area (Å²) in [6, 6.07) is 4.10. The zero-order valence-electron chi connectivity index (χ0n) is 22.4. The molecule has 0 aromatic heterocycles. The van der Waals surface area contributed by atoms with E-state index in [1.165, 1.54) is 82.4 Å². The summed E-state index contributed by atoms with van der Waals surface area (Å²) in [7, 11) is 0. The van der Waals surface area contributed by atoms with Crippen LogP contribution in [-0.4, -0.2) is 17.4 Å². The van der Waals surface area contributed by atoms with Gasteiger partial charge >= 0.3 is 5.97 Å². The number of aromatic hydroxyl groups is 1. The quantitative estimate of drug-likeness (QED) is 0.0648. The molecule has 1 N–H and O–H groups in total. The van der Waals surface area contributed by atoms with E-state index in [1.54, 1.807) is 0 Å². The number of esters is 1. The maximum absolute atomic E-state index is 11.9. The maximum atomic E-state index is 11.9. The van der Waals surface area contributed by atoms with Gasteiger partial charge in [-0.3, -0.25) is 9.59 Å². The average molecular weight is 495 g/mol. The first-order chi connectivity index (χ1) is 17.7. The van der Waals surface area contributed by atoms with Gasteiger partial charge in [0.15, 0.2) is 0 Å². The van der Waals surface area contributed by atoms with Crippen LogP contribution in [0.5, 0.6) is 11.5 Å². The van der Waals surface area contributed by atoms with Crippen molar-refractivity contribution in [1.82, 2.24) is 0 Å². The van der Waals surface area contributed by atoms with Gasteiger partial charge in [-0.05, 0) is 43.2 Å². The van der Waals surface area contributed by atoms with Crippen molar-refractivity contribution in [2.75, 3.05) is 0 Å². The first kappa shape index (κ1) is 31.3. The van der Waals surface area contributed by atoms with Gasteiger partial charge in [-0.25, -0.2) is 0 Å². The second kappa shape index (κ2) is 22.7. The highest BCUT2D eigenvalue weighted by molar-refractivity contribution is 5.78. The normalized spacial score (nSPS) is 10.1. The SMILES string of the molecule is CCCCCCCCCCCCC#CC#CCCCCCCCCC(=O)Oc1cc(O)cc(C=O)c1. The molecule has 198 valence electrons. The minimum Gasteiger partial charge on any atom is -0.508 e. The molecule has 36 heavy (non-hydrogen) atoms. The van der Waals surface area contributed by atoms with E-state index in [2.05, 4.69) is 30.6 Å². The summed E-state index contributed by atoms with van der Waals surface area (Å²) in [5.74, 6) is 12.1. The second-order valence-electron chi connectivity index (χ2n) is 9.51. The smallest absolute Gasteiger partial charge is 0.311 e. The highest BCUT2D eigenvalue weighted by Crippen LogP contribution is 2.21. The van der Waals surface area contributed by atoms with Crippen molar-refractivity contribution in [2.45, 2.75) is 129 Å². The zero-order valence-corrected chi connectivity index (χ0v) is 22.4. The Labute approximate surface area is 219 Å². The van der Waals surface area contributed by atoms with Gasteiger partial charge in [-0.2, -0.15) is 0 Å². The molecule has 1 rings (SSSR count). The molecule has 0 heterocycles. The molecule has 0 amide bonds. The summed E-state index contributed by atoms with van der Waals surface area (Å²) in [4.78, 5) is 22.7. The summed E-state index contributed by atoms with van der Waals surface area (Å²) in [5.41, 5.74) is 0.277. The molecular weight excluding hydrogens is 448 g/mol. The Kier molecular flexibility index (Phi) is 19.8. The average Bonchev–Trinajstić information content (AvgIpc) is 2.86. The van der Waals surface area contributed by atoms with Crippen LogP contribution in [0.1, 0.15) is 139 Å². The third-order valence-corrected chi connectivity index (χ3v) is 6.11. The molecule has 0 atom stereocenters. The van der Waals surface area contributed by atoms with Crippen molar-refractivity contribution in [3.05, 3.63) is 23.8 Å². The largest absolute Gasteiger partial charge is 0.508 e. The predicted octanol–water partition coefficient (Wildman–Crippen LogP) is 8.55. The number of aldehydes is 1. The molecule has 0 spiro atoms. The Balaban J connectivity index is 1.90. The van der Waals surface area contributed by atoms with Crippen LogP contribution < -0.4 is 4.74 Å². The summed E-state index contributed by atoms with van der Waals surface area (Å²) in [6.45, 7) is 2.27. The van der Waals surface area contributed by atoms with Crippen LogP contribution in [0.2, 0.25) is 0 Å². The molecule has 1 aromatic rings. The Hall–Kier alpha value is -2.72. The number of carbonyl (C=O) groups excluding carboxylic acids is 2. The van der Waals surface area contributed by atoms with E-state index in [0.717, 1.165) is 51.4 Å². The van der Waals surface area contributed by atoms with E-state index in [-0.39, 0.29) is 23.0 Å². The van der Waals surface area contributed by atoms with Crippen LogP contribution >= 0.6 is 0 Å². The topological polar surface area (TPSA) is 63.6 Å². The van der Waals surface area contributed by atoms with E-state index < -0.39 is 0 Å². The van der Waals surface area contributed by atoms with Gasteiger partial charge in [-0.1, -0.05) is 102 Å². The fourth-order valence-corrected chi connectivity index (χ4v) is 4.02. The second-order valence-corrected chi connectivity index (χ2v) is 9.51. The Morgan fingerprint density at radius 3 is 1.78 bits per heavy atom. The van der Waals surface area contributed by atoms with Crippen molar-refractivity contribution in [3.63, 3.8) is 0 Å². The fourth-order valence-electron chi connectivity index (χ4n) is 4.02. The lowest BCUT2D eigenvalue weighted by molar-refractivity contribution is -0.134. The molecule has 0 aliphatic rings. The molecule has 0 bridgehead atoms. The van der Waals surface area contributed by atoms with Crippen molar-refractivity contribution >= 4 is 12.3 Å². The number of hydrogen-bond donors (Lipinski definition) is 1. The molecule has 4 nitrogen and oxygen atoms in total. The number of ether oxygens (including phenoxy) is 1. The number of unbranched alkanes of at least 4 members (excludes halogenated alkanes) is 16. The van der Waals surface area contributed by atoms with E-state index in [4.69, 9.17) is 4.74 Å². The Morgan fingerprint density at radius 2 is 1.25 bits per heavy atom. The van der Waals surface area contributed by atoms with Crippen molar-refractivity contribution in [1.29, 1.82) is 0 Å². The van der Waals surface area contributed by atoms with Gasteiger partial charge in [0.05, 0.1) is 0 Å². The first-order valence-electron chi connectivity index (χ1n) is 14.1. The van der Waals surface area contributed by atoms with E-state index in [1.807, 2.05) is 0 Å². The predicted molar refractivity (Wildman–Crippen MR) is 148 cm³/mol. The van der Waals surface area contributed by atoms with Gasteiger partial charge in [0.25, 0.3) is 0 Å². The number of rotatable bonds is 20. The number of phenolic OH excluding ortho intramolecular Hbond substituents is 1. The van der Waals surface area contributed by atoms with Crippen LogP contribution in [0, 0.1) is 23.7 Å². The number of hydrogen-bond acceptors (Lipinski definition) is 4. The number of carbonyl (C=O) groups is 2. The monoisotopic (exact) mass is 494 g/mol. The van der Waals surface area contributed by atoms with Gasteiger partial charge < -0.3 is 9.84 Å². The molecule has 0 aliphatic heterocycles. The van der Waals surface area contributed by atoms with Crippen LogP contribution in [0.4, 0.5) is 0 Å². The highest BCUT2D eigenvalue weighted by Gasteiger charge is 2.07. The number of phenols is 1. The van der Waals surface area contributed by atoms with Gasteiger partial charge in [-0.15, -0.1) is 0 Å². The van der Waals surface area contributed by atoms with E-state index in [9.17, 15) is 14.7 Å². The lowest BCUT2D eigenvalue weighted by Crippen LogP contribution is -2.07. The van der Waals surface area contributed by atoms with Crippen LogP contribution in [0.3, 0.4) is 0 Å². The van der Waals surface area contributed by atoms with Crippen LogP contribution in [0.25, 0.3) is 0 Å². The summed E-state index contributed by atoms with van der Waals surface area (Å²) >= 11 is 0. The molecule has 4 heteroatoms. The Morgan fingerprint density at radius 1 is 0.750 bits per heavy atom. The van der Waals surface area contributed by atoms with E-state index >= 15 is 0 Å². The van der Waals surface area contributed by atoms with Crippen LogP contribution in [-0.2, 0) is 4.79 Å². The van der Waals surface area contributed by atoms with Gasteiger partial charge in [0.1, 0.15) is 17.8 Å². The summed E-state index contributed by atoms with van der Waals surface area (Å²) in [6.07, 6.45) is 22.5. The van der Waals surface area contributed by atoms with Gasteiger partial charge in [0.2, 0.25) is 0 Å². The lowest BCUT2D eigenvalue weighted by atomic mass is 10.1. The summed E-state index contributed by atoms with van der Waals surface area (Å²) in [5, 5.41) is 9.53. The number of benzene rings is 1. The maximum Gasteiger partial charge on any atom is 0.311 e. The molecule has 0 saturated carbocycles. The molecule has 1 aromatic carbocycles. The first-order valence-corrected chi connectivity index (χ1v) is 14.1. The molecule has 0 fully saturated rings. The van der Waals surface area contributed by atoms with Gasteiger partial charge in [0, 0.05) is 30.9 Å². The fraction of sp³-hybridized carbons (Fsp3) is 0.625. The minimum absolute atomic E-state index is 0.0940. The molecular formula is C32H46O4. The van der Waals surface area contributed by atoms with Crippen molar-refractivity contribution in [3.8, 4) is 35.2 Å². The molecule has 0 radical (unpaired) electrons. The van der Waals surface area contributed by atoms with Crippen molar-refractivity contribution < 1.29 is 19.4 Å².